The molecule has 2 nitrogen and oxygen atoms in total. The molecular formula is C14H20ClNOS. The molecule has 100 valence electrons. The monoisotopic (exact) mass is 285 g/mol. The zero-order valence-electron chi connectivity index (χ0n) is 10.8. The normalized spacial score (nSPS) is 32.0. The van der Waals surface area contributed by atoms with Crippen LogP contribution in [0.4, 0.5) is 0 Å². The van der Waals surface area contributed by atoms with Crippen LogP contribution in [-0.4, -0.2) is 23.6 Å². The minimum absolute atomic E-state index is 0.221. The first kappa shape index (κ1) is 12.9. The van der Waals surface area contributed by atoms with Gasteiger partial charge in [-0.25, -0.2) is 4.98 Å². The molecule has 1 aromatic heterocycles. The van der Waals surface area contributed by atoms with E-state index in [4.69, 9.17) is 16.3 Å². The molecule has 2 heterocycles. The highest BCUT2D eigenvalue weighted by molar-refractivity contribution is 7.09. The van der Waals surface area contributed by atoms with Gasteiger partial charge >= 0.3 is 0 Å². The average molecular weight is 286 g/mol. The third-order valence-electron chi connectivity index (χ3n) is 4.51. The molecule has 0 bridgehead atoms. The van der Waals surface area contributed by atoms with Crippen LogP contribution in [0.2, 0.25) is 0 Å². The number of thiazole rings is 1. The Bertz CT molecular complexity index is 418. The zero-order chi connectivity index (χ0) is 12.6. The first-order chi connectivity index (χ1) is 8.75. The molecule has 4 heteroatoms. The Balaban J connectivity index is 1.69. The number of alkyl halides is 1. The van der Waals surface area contributed by atoms with E-state index in [-0.39, 0.29) is 5.41 Å². The molecule has 1 aliphatic carbocycles. The van der Waals surface area contributed by atoms with Crippen LogP contribution < -0.4 is 0 Å². The van der Waals surface area contributed by atoms with Crippen molar-refractivity contribution < 1.29 is 4.74 Å². The first-order valence-corrected chi connectivity index (χ1v) is 8.23. The summed E-state index contributed by atoms with van der Waals surface area (Å²) >= 11 is 8.09. The van der Waals surface area contributed by atoms with Gasteiger partial charge in [-0.15, -0.1) is 22.9 Å². The summed E-state index contributed by atoms with van der Waals surface area (Å²) in [7, 11) is 0. The fourth-order valence-electron chi connectivity index (χ4n) is 3.15. The summed E-state index contributed by atoms with van der Waals surface area (Å²) in [5, 5.41) is 0. The predicted octanol–water partition coefficient (Wildman–Crippen LogP) is 3.81. The van der Waals surface area contributed by atoms with Crippen molar-refractivity contribution in [2.45, 2.75) is 45.1 Å². The Kier molecular flexibility index (Phi) is 3.65. The standard InChI is InChI=1S/C14H20ClNOS/c1-10-12(18-9-16-10)4-5-14(8-15)6-7-17-13(14)11-2-3-11/h9,11,13H,2-8H2,1H3. The molecule has 0 radical (unpaired) electrons. The molecular weight excluding hydrogens is 266 g/mol. The Hall–Kier alpha value is -0.120. The Morgan fingerprint density at radius 2 is 2.39 bits per heavy atom. The average Bonchev–Trinajstić information content (AvgIpc) is 3.01. The highest BCUT2D eigenvalue weighted by atomic mass is 35.5. The van der Waals surface area contributed by atoms with E-state index in [0.29, 0.717) is 6.10 Å². The largest absolute Gasteiger partial charge is 0.377 e. The van der Waals surface area contributed by atoms with E-state index in [9.17, 15) is 0 Å². The number of aryl methyl sites for hydroxylation is 2. The molecule has 2 fully saturated rings. The number of halogens is 1. The van der Waals surface area contributed by atoms with Gasteiger partial charge in [-0.05, 0) is 44.9 Å². The molecule has 3 rings (SSSR count). The van der Waals surface area contributed by atoms with Crippen LogP contribution >= 0.6 is 22.9 Å². The van der Waals surface area contributed by atoms with Crippen molar-refractivity contribution in [1.82, 2.24) is 4.98 Å². The number of aromatic nitrogens is 1. The van der Waals surface area contributed by atoms with Crippen LogP contribution in [0.5, 0.6) is 0 Å². The molecule has 2 unspecified atom stereocenters. The van der Waals surface area contributed by atoms with E-state index in [1.165, 1.54) is 23.4 Å². The predicted molar refractivity (Wildman–Crippen MR) is 75.4 cm³/mol. The van der Waals surface area contributed by atoms with Crippen LogP contribution in [-0.2, 0) is 11.2 Å². The highest BCUT2D eigenvalue weighted by Gasteiger charge is 2.50. The smallest absolute Gasteiger partial charge is 0.0797 e. The lowest BCUT2D eigenvalue weighted by Gasteiger charge is -2.32. The van der Waals surface area contributed by atoms with Gasteiger partial charge in [0.15, 0.2) is 0 Å². The summed E-state index contributed by atoms with van der Waals surface area (Å²) in [5.41, 5.74) is 3.35. The van der Waals surface area contributed by atoms with Crippen molar-refractivity contribution in [2.24, 2.45) is 11.3 Å². The minimum Gasteiger partial charge on any atom is -0.377 e. The van der Waals surface area contributed by atoms with E-state index in [1.54, 1.807) is 11.3 Å². The fourth-order valence-corrected chi connectivity index (χ4v) is 4.35. The quantitative estimate of drug-likeness (QED) is 0.768. The number of hydrogen-bond donors (Lipinski definition) is 0. The molecule has 0 N–H and O–H groups in total. The first-order valence-electron chi connectivity index (χ1n) is 6.82. The molecule has 1 saturated heterocycles. The van der Waals surface area contributed by atoms with Gasteiger partial charge in [0, 0.05) is 22.8 Å². The molecule has 2 aliphatic rings. The van der Waals surface area contributed by atoms with Crippen molar-refractivity contribution >= 4 is 22.9 Å². The van der Waals surface area contributed by atoms with Gasteiger partial charge in [-0.2, -0.15) is 0 Å². The minimum atomic E-state index is 0.221. The molecule has 0 aromatic carbocycles. The number of rotatable bonds is 5. The maximum Gasteiger partial charge on any atom is 0.0797 e. The summed E-state index contributed by atoms with van der Waals surface area (Å²) in [6.07, 6.45) is 6.49. The Labute approximate surface area is 118 Å². The maximum atomic E-state index is 6.32. The number of ether oxygens (including phenoxy) is 1. The van der Waals surface area contributed by atoms with Crippen LogP contribution in [0, 0.1) is 18.3 Å². The second-order valence-corrected chi connectivity index (χ2v) is 6.94. The van der Waals surface area contributed by atoms with Gasteiger partial charge in [0.05, 0.1) is 17.3 Å². The lowest BCUT2D eigenvalue weighted by Crippen LogP contribution is -2.35. The van der Waals surface area contributed by atoms with Crippen LogP contribution in [0.3, 0.4) is 0 Å². The van der Waals surface area contributed by atoms with Crippen molar-refractivity contribution in [3.8, 4) is 0 Å². The van der Waals surface area contributed by atoms with Gasteiger partial charge in [-0.3, -0.25) is 0 Å². The van der Waals surface area contributed by atoms with Crippen LogP contribution in [0.25, 0.3) is 0 Å². The molecule has 18 heavy (non-hydrogen) atoms. The molecule has 2 atom stereocenters. The van der Waals surface area contributed by atoms with Gasteiger partial charge in [0.1, 0.15) is 0 Å². The molecule has 1 aliphatic heterocycles. The number of nitrogens with zero attached hydrogens (tertiary/aromatic N) is 1. The third kappa shape index (κ3) is 2.33. The van der Waals surface area contributed by atoms with Crippen molar-refractivity contribution in [2.75, 3.05) is 12.5 Å². The van der Waals surface area contributed by atoms with E-state index < -0.39 is 0 Å². The Morgan fingerprint density at radius 3 is 3.00 bits per heavy atom. The summed E-state index contributed by atoms with van der Waals surface area (Å²) in [4.78, 5) is 5.75. The van der Waals surface area contributed by atoms with Gasteiger partial charge < -0.3 is 4.74 Å². The zero-order valence-corrected chi connectivity index (χ0v) is 12.4. The van der Waals surface area contributed by atoms with E-state index in [2.05, 4.69) is 11.9 Å². The Morgan fingerprint density at radius 1 is 1.56 bits per heavy atom. The lowest BCUT2D eigenvalue weighted by atomic mass is 9.76. The topological polar surface area (TPSA) is 22.1 Å². The third-order valence-corrected chi connectivity index (χ3v) is 6.04. The maximum absolute atomic E-state index is 6.32. The summed E-state index contributed by atoms with van der Waals surface area (Å²) in [6, 6.07) is 0. The summed E-state index contributed by atoms with van der Waals surface area (Å²) in [5.74, 6) is 1.53. The van der Waals surface area contributed by atoms with E-state index in [0.717, 1.165) is 37.7 Å². The van der Waals surface area contributed by atoms with Crippen molar-refractivity contribution in [1.29, 1.82) is 0 Å². The number of hydrogen-bond acceptors (Lipinski definition) is 3. The fraction of sp³-hybridized carbons (Fsp3) is 0.786. The summed E-state index contributed by atoms with van der Waals surface area (Å²) < 4.78 is 5.99. The van der Waals surface area contributed by atoms with Crippen LogP contribution in [0.15, 0.2) is 5.51 Å². The summed E-state index contributed by atoms with van der Waals surface area (Å²) in [6.45, 7) is 3.00. The highest BCUT2D eigenvalue weighted by Crippen LogP contribution is 2.50. The molecule has 1 aromatic rings. The van der Waals surface area contributed by atoms with Gasteiger partial charge in [-0.1, -0.05) is 0 Å². The van der Waals surface area contributed by atoms with Crippen molar-refractivity contribution in [3.63, 3.8) is 0 Å². The molecule has 0 amide bonds. The van der Waals surface area contributed by atoms with Gasteiger partial charge in [0.25, 0.3) is 0 Å². The van der Waals surface area contributed by atoms with Crippen LogP contribution in [0.1, 0.15) is 36.3 Å². The van der Waals surface area contributed by atoms with E-state index in [1.807, 2.05) is 5.51 Å². The second kappa shape index (κ2) is 5.10. The second-order valence-electron chi connectivity index (χ2n) is 5.74. The van der Waals surface area contributed by atoms with E-state index >= 15 is 0 Å². The van der Waals surface area contributed by atoms with Crippen molar-refractivity contribution in [3.05, 3.63) is 16.1 Å². The molecule has 1 saturated carbocycles. The molecule has 0 spiro atoms. The SMILES string of the molecule is Cc1ncsc1CCC1(CCl)CCOC1C1CC1. The lowest BCUT2D eigenvalue weighted by molar-refractivity contribution is 0.0368. The van der Waals surface area contributed by atoms with Gasteiger partial charge in [0.2, 0.25) is 0 Å².